The normalized spacial score (nSPS) is 12.2. The summed E-state index contributed by atoms with van der Waals surface area (Å²) in [6.45, 7) is 4.18. The van der Waals surface area contributed by atoms with E-state index < -0.39 is 5.41 Å². The third-order valence-corrected chi connectivity index (χ3v) is 6.36. The fraction of sp³-hybridized carbons (Fsp3) is 0.0909. The Kier molecular flexibility index (Phi) is 8.55. The molecule has 0 aliphatic carbocycles. The third kappa shape index (κ3) is 5.93. The summed E-state index contributed by atoms with van der Waals surface area (Å²) in [7, 11) is 0. The molecular weight excluding hydrogens is 647 g/mol. The number of aromatic nitrogens is 2. The van der Waals surface area contributed by atoms with Crippen molar-refractivity contribution in [2.24, 2.45) is 10.7 Å². The van der Waals surface area contributed by atoms with Crippen LogP contribution in [-0.4, -0.2) is 15.5 Å². The molecule has 38 heavy (non-hydrogen) atoms. The molecule has 2 N–H and O–H groups in total. The minimum atomic E-state index is -0.570. The van der Waals surface area contributed by atoms with Crippen molar-refractivity contribution in [2.75, 3.05) is 0 Å². The monoisotopic (exact) mass is 675 g/mol. The van der Waals surface area contributed by atoms with Crippen molar-refractivity contribution in [2.45, 2.75) is 19.3 Å². The quantitative estimate of drug-likeness (QED) is 0.148. The van der Waals surface area contributed by atoms with Crippen molar-refractivity contribution in [3.05, 3.63) is 150 Å². The number of nitrogens with two attached hydrogens (primary N) is 1. The molecule has 0 aliphatic rings. The third-order valence-electron chi connectivity index (χ3n) is 6.36. The van der Waals surface area contributed by atoms with Gasteiger partial charge in [0.1, 0.15) is 0 Å². The van der Waals surface area contributed by atoms with Gasteiger partial charge in [-0.05, 0) is 37.4 Å². The summed E-state index contributed by atoms with van der Waals surface area (Å²) >= 11 is 0. The Morgan fingerprint density at radius 3 is 2.11 bits per heavy atom. The van der Waals surface area contributed by atoms with Gasteiger partial charge in [-0.25, -0.2) is 0 Å². The van der Waals surface area contributed by atoms with Crippen LogP contribution in [0.1, 0.15) is 25.1 Å². The summed E-state index contributed by atoms with van der Waals surface area (Å²) in [6.07, 6.45) is 1.95. The topological polar surface area (TPSA) is 56.2 Å². The Morgan fingerprint density at radius 2 is 1.47 bits per heavy atom. The molecule has 190 valence electrons. The first-order chi connectivity index (χ1) is 18.0. The standard InChI is InChI=1S/C33H28N4.Pt/c1-33(2,31(34)23-29(25-15-7-3-8-16-25)35-27-19-11-5-12-20-27)32-24-30(26-17-9-4-10-18-26)37(36-32)28-21-13-6-14-22-28;/h3-19,21,23-24H,34H2,1-2H3;/q-2;+2/b31-23-,35-29?;. The van der Waals surface area contributed by atoms with Gasteiger partial charge in [0, 0.05) is 22.2 Å². The Bertz CT molecular complexity index is 1460. The average molecular weight is 676 g/mol. The maximum atomic E-state index is 6.83. The Morgan fingerprint density at radius 1 is 0.842 bits per heavy atom. The second-order valence-electron chi connectivity index (χ2n) is 9.28. The van der Waals surface area contributed by atoms with Crippen molar-refractivity contribution in [1.82, 2.24) is 9.78 Å². The summed E-state index contributed by atoms with van der Waals surface area (Å²) < 4.78 is 1.94. The van der Waals surface area contributed by atoms with Crippen LogP contribution in [0.4, 0.5) is 5.69 Å². The van der Waals surface area contributed by atoms with E-state index in [2.05, 4.69) is 44.2 Å². The number of benzene rings is 4. The van der Waals surface area contributed by atoms with E-state index >= 15 is 0 Å². The largest absolute Gasteiger partial charge is 2.00 e. The molecule has 0 radical (unpaired) electrons. The zero-order valence-electron chi connectivity index (χ0n) is 21.3. The molecule has 0 saturated heterocycles. The number of rotatable bonds is 7. The molecule has 0 atom stereocenters. The minimum Gasteiger partial charge on any atom is -0.401 e. The first-order valence-electron chi connectivity index (χ1n) is 12.2. The molecule has 1 heterocycles. The maximum absolute atomic E-state index is 6.83. The second kappa shape index (κ2) is 12.0. The van der Waals surface area contributed by atoms with Gasteiger partial charge in [0.05, 0.1) is 17.1 Å². The molecule has 0 amide bonds. The molecule has 0 saturated carbocycles. The van der Waals surface area contributed by atoms with Gasteiger partial charge in [-0.3, -0.25) is 9.67 Å². The predicted molar refractivity (Wildman–Crippen MR) is 151 cm³/mol. The van der Waals surface area contributed by atoms with Crippen molar-refractivity contribution in [3.8, 4) is 16.9 Å². The van der Waals surface area contributed by atoms with Gasteiger partial charge in [0.25, 0.3) is 0 Å². The number of hydrogen-bond donors (Lipinski definition) is 1. The molecule has 5 aromatic rings. The van der Waals surface area contributed by atoms with Crippen LogP contribution < -0.4 is 5.73 Å². The smallest absolute Gasteiger partial charge is 0.401 e. The Hall–Kier alpha value is -4.01. The number of para-hydroxylation sites is 2. The van der Waals surface area contributed by atoms with Gasteiger partial charge in [-0.15, -0.1) is 12.1 Å². The Labute approximate surface area is 238 Å². The van der Waals surface area contributed by atoms with E-state index in [9.17, 15) is 0 Å². The van der Waals surface area contributed by atoms with Crippen LogP contribution in [0.3, 0.4) is 0 Å². The van der Waals surface area contributed by atoms with E-state index in [1.165, 1.54) is 0 Å². The SMILES string of the molecule is CC(C)(/C(N)=C/C(=Nc1[c-]cccc1)c1ccccc1)c1cc(-c2ccccc2)n(-c2[c-]cccc2)n1.[Pt+2]. The van der Waals surface area contributed by atoms with Crippen molar-refractivity contribution in [3.63, 3.8) is 0 Å². The molecule has 5 rings (SSSR count). The van der Waals surface area contributed by atoms with E-state index in [1.54, 1.807) is 0 Å². The molecule has 5 heteroatoms. The van der Waals surface area contributed by atoms with Crippen LogP contribution in [0, 0.1) is 12.1 Å². The number of hydrogen-bond acceptors (Lipinski definition) is 3. The molecular formula is C33H28N4Pt. The molecule has 0 fully saturated rings. The molecule has 0 unspecified atom stereocenters. The van der Waals surface area contributed by atoms with Crippen LogP contribution in [0.5, 0.6) is 0 Å². The van der Waals surface area contributed by atoms with Gasteiger partial charge < -0.3 is 5.73 Å². The van der Waals surface area contributed by atoms with Gasteiger partial charge in [0.2, 0.25) is 0 Å². The predicted octanol–water partition coefficient (Wildman–Crippen LogP) is 7.08. The van der Waals surface area contributed by atoms with Gasteiger partial charge in [0.15, 0.2) is 0 Å². The van der Waals surface area contributed by atoms with Crippen molar-refractivity contribution >= 4 is 11.4 Å². The van der Waals surface area contributed by atoms with E-state index in [0.29, 0.717) is 5.70 Å². The fourth-order valence-corrected chi connectivity index (χ4v) is 4.05. The summed E-state index contributed by atoms with van der Waals surface area (Å²) in [5, 5.41) is 5.03. The summed E-state index contributed by atoms with van der Waals surface area (Å²) in [5.74, 6) is 0. The summed E-state index contributed by atoms with van der Waals surface area (Å²) in [5.41, 5.74) is 13.2. The molecule has 4 aromatic carbocycles. The Balaban J connectivity index is 0.00000336. The van der Waals surface area contributed by atoms with Crippen LogP contribution in [0.2, 0.25) is 0 Å². The number of allylic oxidation sites excluding steroid dienone is 2. The van der Waals surface area contributed by atoms with E-state index in [-0.39, 0.29) is 21.1 Å². The molecule has 0 bridgehead atoms. The second-order valence-corrected chi connectivity index (χ2v) is 9.28. The first kappa shape index (κ1) is 27.0. The van der Waals surface area contributed by atoms with Crippen LogP contribution in [0.25, 0.3) is 16.9 Å². The number of aliphatic imine (C=N–C) groups is 1. The van der Waals surface area contributed by atoms with Gasteiger partial charge in [-0.2, -0.15) is 53.6 Å². The van der Waals surface area contributed by atoms with Crippen molar-refractivity contribution in [1.29, 1.82) is 0 Å². The molecule has 0 aliphatic heterocycles. The summed E-state index contributed by atoms with van der Waals surface area (Å²) in [6, 6.07) is 44.4. The first-order valence-corrected chi connectivity index (χ1v) is 12.2. The summed E-state index contributed by atoms with van der Waals surface area (Å²) in [4.78, 5) is 4.87. The molecule has 0 spiro atoms. The zero-order chi connectivity index (χ0) is 25.7. The van der Waals surface area contributed by atoms with E-state index in [0.717, 1.165) is 39.6 Å². The van der Waals surface area contributed by atoms with Crippen LogP contribution >= 0.6 is 0 Å². The van der Waals surface area contributed by atoms with E-state index in [4.69, 9.17) is 15.8 Å². The van der Waals surface area contributed by atoms with Crippen LogP contribution in [0.15, 0.2) is 132 Å². The van der Waals surface area contributed by atoms with Gasteiger partial charge in [-0.1, -0.05) is 60.7 Å². The molecule has 4 nitrogen and oxygen atoms in total. The number of nitrogens with zero attached hydrogens (tertiary/aromatic N) is 3. The zero-order valence-corrected chi connectivity index (χ0v) is 23.6. The maximum Gasteiger partial charge on any atom is 2.00 e. The fourth-order valence-electron chi connectivity index (χ4n) is 4.05. The van der Waals surface area contributed by atoms with Crippen LogP contribution in [-0.2, 0) is 26.5 Å². The van der Waals surface area contributed by atoms with Gasteiger partial charge >= 0.3 is 21.1 Å². The van der Waals surface area contributed by atoms with Crippen molar-refractivity contribution < 1.29 is 21.1 Å². The molecule has 1 aromatic heterocycles. The minimum absolute atomic E-state index is 0. The average Bonchev–Trinajstić information content (AvgIpc) is 3.41. The van der Waals surface area contributed by atoms with E-state index in [1.807, 2.05) is 108 Å².